The average Bonchev–Trinajstić information content (AvgIpc) is 2.77. The number of thioether (sulfide) groups is 1. The van der Waals surface area contributed by atoms with E-state index in [1.54, 1.807) is 30.7 Å². The average molecular weight is 429 g/mol. The summed E-state index contributed by atoms with van der Waals surface area (Å²) in [5.41, 5.74) is 0.932. The number of amides is 2. The molecule has 0 unspecified atom stereocenters. The van der Waals surface area contributed by atoms with Gasteiger partial charge < -0.3 is 15.0 Å². The zero-order chi connectivity index (χ0) is 21.9. The minimum Gasteiger partial charge on any atom is -0.497 e. The molecular weight excluding hydrogens is 396 g/mol. The Bertz CT molecular complexity index is 813. The number of benzene rings is 2. The van der Waals surface area contributed by atoms with E-state index in [0.29, 0.717) is 18.7 Å². The Hall–Kier alpha value is -2.47. The normalized spacial score (nSPS) is 12.7. The van der Waals surface area contributed by atoms with Crippen LogP contribution in [0.3, 0.4) is 0 Å². The van der Waals surface area contributed by atoms with Crippen LogP contribution in [0.4, 0.5) is 0 Å². The van der Waals surface area contributed by atoms with Gasteiger partial charge in [-0.2, -0.15) is 0 Å². The van der Waals surface area contributed by atoms with Crippen molar-refractivity contribution in [3.63, 3.8) is 0 Å². The highest BCUT2D eigenvalue weighted by Gasteiger charge is 2.26. The lowest BCUT2D eigenvalue weighted by atomic mass is 10.1. The van der Waals surface area contributed by atoms with Crippen molar-refractivity contribution in [3.8, 4) is 5.75 Å². The van der Waals surface area contributed by atoms with E-state index in [0.717, 1.165) is 22.6 Å². The van der Waals surface area contributed by atoms with Gasteiger partial charge in [0, 0.05) is 29.7 Å². The van der Waals surface area contributed by atoms with Gasteiger partial charge in [0.1, 0.15) is 11.8 Å². The maximum absolute atomic E-state index is 13.1. The van der Waals surface area contributed by atoms with E-state index in [9.17, 15) is 9.59 Å². The largest absolute Gasteiger partial charge is 0.497 e. The maximum atomic E-state index is 13.1. The third-order valence-electron chi connectivity index (χ3n) is 4.98. The summed E-state index contributed by atoms with van der Waals surface area (Å²) in [5.74, 6) is 1.23. The van der Waals surface area contributed by atoms with Crippen molar-refractivity contribution in [2.24, 2.45) is 0 Å². The lowest BCUT2D eigenvalue weighted by Gasteiger charge is -2.30. The van der Waals surface area contributed by atoms with Crippen LogP contribution in [-0.4, -0.2) is 41.7 Å². The summed E-state index contributed by atoms with van der Waals surface area (Å²) in [6.45, 7) is 6.15. The first-order valence-corrected chi connectivity index (χ1v) is 11.3. The van der Waals surface area contributed by atoms with Crippen molar-refractivity contribution in [3.05, 3.63) is 60.2 Å². The Morgan fingerprint density at radius 2 is 1.83 bits per heavy atom. The van der Waals surface area contributed by atoms with Crippen molar-refractivity contribution in [1.29, 1.82) is 0 Å². The van der Waals surface area contributed by atoms with Gasteiger partial charge >= 0.3 is 0 Å². The molecule has 0 aliphatic heterocycles. The third-order valence-corrected chi connectivity index (χ3v) is 6.00. The summed E-state index contributed by atoms with van der Waals surface area (Å²) in [4.78, 5) is 28.6. The molecule has 6 heteroatoms. The van der Waals surface area contributed by atoms with Crippen LogP contribution in [0.15, 0.2) is 59.5 Å². The minimum atomic E-state index is -0.556. The second-order valence-electron chi connectivity index (χ2n) is 7.28. The van der Waals surface area contributed by atoms with E-state index >= 15 is 0 Å². The topological polar surface area (TPSA) is 58.6 Å². The fraction of sp³-hybridized carbons (Fsp3) is 0.417. The van der Waals surface area contributed by atoms with Crippen molar-refractivity contribution in [1.82, 2.24) is 10.2 Å². The fourth-order valence-corrected chi connectivity index (χ4v) is 3.79. The Balaban J connectivity index is 2.09. The molecular formula is C24H32N2O3S. The van der Waals surface area contributed by atoms with Crippen molar-refractivity contribution < 1.29 is 14.3 Å². The first-order chi connectivity index (χ1) is 14.4. The summed E-state index contributed by atoms with van der Waals surface area (Å²) in [7, 11) is 1.62. The molecule has 162 valence electrons. The maximum Gasteiger partial charge on any atom is 0.242 e. The molecule has 0 saturated carbocycles. The van der Waals surface area contributed by atoms with Crippen molar-refractivity contribution in [2.45, 2.75) is 57.1 Å². The van der Waals surface area contributed by atoms with Gasteiger partial charge in [0.05, 0.1) is 7.11 Å². The summed E-state index contributed by atoms with van der Waals surface area (Å²) in [5, 5.41) is 2.99. The Morgan fingerprint density at radius 3 is 2.50 bits per heavy atom. The number of carbonyl (C=O) groups is 2. The molecule has 1 N–H and O–H groups in total. The van der Waals surface area contributed by atoms with E-state index < -0.39 is 6.04 Å². The molecule has 0 spiro atoms. The quantitative estimate of drug-likeness (QED) is 0.535. The molecule has 0 aromatic heterocycles. The van der Waals surface area contributed by atoms with Crippen LogP contribution in [0.5, 0.6) is 5.75 Å². The summed E-state index contributed by atoms with van der Waals surface area (Å²) in [6, 6.07) is 17.1. The molecule has 2 aromatic carbocycles. The van der Waals surface area contributed by atoms with Gasteiger partial charge in [0.25, 0.3) is 0 Å². The summed E-state index contributed by atoms with van der Waals surface area (Å²) >= 11 is 1.64. The Labute approximate surface area is 184 Å². The molecule has 5 nitrogen and oxygen atoms in total. The highest BCUT2D eigenvalue weighted by Crippen LogP contribution is 2.20. The van der Waals surface area contributed by atoms with Crippen LogP contribution in [0.1, 0.15) is 39.2 Å². The second-order valence-corrected chi connectivity index (χ2v) is 8.45. The van der Waals surface area contributed by atoms with E-state index in [4.69, 9.17) is 4.74 Å². The van der Waals surface area contributed by atoms with Crippen LogP contribution >= 0.6 is 11.8 Å². The predicted octanol–water partition coefficient (Wildman–Crippen LogP) is 4.51. The molecule has 0 aliphatic carbocycles. The van der Waals surface area contributed by atoms with Gasteiger partial charge in [0.2, 0.25) is 11.8 Å². The van der Waals surface area contributed by atoms with Crippen molar-refractivity contribution in [2.75, 3.05) is 12.9 Å². The molecule has 0 aliphatic rings. The van der Waals surface area contributed by atoms with E-state index in [1.165, 1.54) is 0 Å². The molecule has 30 heavy (non-hydrogen) atoms. The molecule has 2 rings (SSSR count). The molecule has 0 radical (unpaired) electrons. The molecule has 2 amide bonds. The van der Waals surface area contributed by atoms with Gasteiger partial charge in [0.15, 0.2) is 0 Å². The zero-order valence-electron chi connectivity index (χ0n) is 18.3. The zero-order valence-corrected chi connectivity index (χ0v) is 19.1. The first-order valence-electron chi connectivity index (χ1n) is 10.3. The van der Waals surface area contributed by atoms with Gasteiger partial charge in [-0.05, 0) is 50.1 Å². The minimum absolute atomic E-state index is 0.0342. The number of hydrogen-bond donors (Lipinski definition) is 1. The first kappa shape index (κ1) is 23.8. The third kappa shape index (κ3) is 7.41. The van der Waals surface area contributed by atoms with Crippen LogP contribution < -0.4 is 10.1 Å². The Kier molecular flexibility index (Phi) is 9.74. The summed E-state index contributed by atoms with van der Waals surface area (Å²) in [6.07, 6.45) is 1.21. The van der Waals surface area contributed by atoms with Crippen LogP contribution in [0.25, 0.3) is 0 Å². The number of carbonyl (C=O) groups excluding carboxylic acids is 2. The molecule has 0 fully saturated rings. The molecule has 0 saturated heterocycles. The molecule has 2 aromatic rings. The van der Waals surface area contributed by atoms with E-state index in [1.807, 2.05) is 68.4 Å². The van der Waals surface area contributed by atoms with E-state index in [2.05, 4.69) is 5.32 Å². The number of nitrogens with zero attached hydrogens (tertiary/aromatic N) is 1. The second kappa shape index (κ2) is 12.3. The molecule has 0 bridgehead atoms. The van der Waals surface area contributed by atoms with Gasteiger partial charge in [-0.3, -0.25) is 9.59 Å². The van der Waals surface area contributed by atoms with Crippen LogP contribution in [-0.2, 0) is 16.1 Å². The standard InChI is InChI=1S/C24H32N2O3S/c1-5-18(2)25-24(28)19(3)26(17-20-10-9-11-21(16-20)29-4)23(27)14-15-30-22-12-7-6-8-13-22/h6-13,16,18-19H,5,14-15,17H2,1-4H3,(H,25,28)/t18-,19+/m1/s1. The van der Waals surface area contributed by atoms with Gasteiger partial charge in [-0.25, -0.2) is 0 Å². The number of rotatable bonds is 11. The monoisotopic (exact) mass is 428 g/mol. The lowest BCUT2D eigenvalue weighted by molar-refractivity contribution is -0.140. The number of nitrogens with one attached hydrogen (secondary N) is 1. The molecule has 2 atom stereocenters. The van der Waals surface area contributed by atoms with Crippen molar-refractivity contribution >= 4 is 23.6 Å². The van der Waals surface area contributed by atoms with Gasteiger partial charge in [-0.1, -0.05) is 37.3 Å². The Morgan fingerprint density at radius 1 is 1.10 bits per heavy atom. The smallest absolute Gasteiger partial charge is 0.242 e. The number of ether oxygens (including phenoxy) is 1. The van der Waals surface area contributed by atoms with Crippen LogP contribution in [0, 0.1) is 0 Å². The fourth-order valence-electron chi connectivity index (χ4n) is 2.93. The highest BCUT2D eigenvalue weighted by atomic mass is 32.2. The highest BCUT2D eigenvalue weighted by molar-refractivity contribution is 7.99. The number of hydrogen-bond acceptors (Lipinski definition) is 4. The van der Waals surface area contributed by atoms with E-state index in [-0.39, 0.29) is 17.9 Å². The van der Waals surface area contributed by atoms with Gasteiger partial charge in [-0.15, -0.1) is 11.8 Å². The molecule has 0 heterocycles. The lowest BCUT2D eigenvalue weighted by Crippen LogP contribution is -2.49. The SMILES string of the molecule is CC[C@@H](C)NC(=O)[C@H](C)N(Cc1cccc(OC)c1)C(=O)CCSc1ccccc1. The predicted molar refractivity (Wildman–Crippen MR) is 123 cm³/mol. The summed E-state index contributed by atoms with van der Waals surface area (Å²) < 4.78 is 5.30. The number of methoxy groups -OCH3 is 1. The van der Waals surface area contributed by atoms with Crippen LogP contribution in [0.2, 0.25) is 0 Å².